The van der Waals surface area contributed by atoms with Crippen molar-refractivity contribution < 1.29 is 9.21 Å². The molecular weight excluding hydrogens is 252 g/mol. The average molecular weight is 272 g/mol. The zero-order chi connectivity index (χ0) is 14.5. The van der Waals surface area contributed by atoms with Crippen LogP contribution in [0.4, 0.5) is 11.4 Å². The van der Waals surface area contributed by atoms with E-state index in [0.29, 0.717) is 6.42 Å². The summed E-state index contributed by atoms with van der Waals surface area (Å²) in [7, 11) is 0. The maximum absolute atomic E-state index is 11.4. The third-order valence-corrected chi connectivity index (χ3v) is 3.26. The van der Waals surface area contributed by atoms with Gasteiger partial charge in [0.1, 0.15) is 0 Å². The summed E-state index contributed by atoms with van der Waals surface area (Å²) >= 11 is 0. The second kappa shape index (κ2) is 6.28. The Kier molecular flexibility index (Phi) is 4.45. The monoisotopic (exact) mass is 272 g/mol. The Morgan fingerprint density at radius 3 is 2.80 bits per heavy atom. The fourth-order valence-corrected chi connectivity index (χ4v) is 1.94. The SMILES string of the molecule is CCC(=O)Nc1ccc(C)c(NC(C)c2ccoc2)c1. The van der Waals surface area contributed by atoms with Crippen molar-refractivity contribution in [1.29, 1.82) is 0 Å². The van der Waals surface area contributed by atoms with Gasteiger partial charge in [-0.1, -0.05) is 13.0 Å². The minimum Gasteiger partial charge on any atom is -0.472 e. The number of rotatable bonds is 5. The summed E-state index contributed by atoms with van der Waals surface area (Å²) in [5.41, 5.74) is 4.04. The number of hydrogen-bond acceptors (Lipinski definition) is 3. The number of carbonyl (C=O) groups is 1. The normalized spacial score (nSPS) is 11.9. The van der Waals surface area contributed by atoms with E-state index in [1.165, 1.54) is 0 Å². The first-order valence-electron chi connectivity index (χ1n) is 6.79. The van der Waals surface area contributed by atoms with Crippen LogP contribution in [0.5, 0.6) is 0 Å². The lowest BCUT2D eigenvalue weighted by Crippen LogP contribution is -2.11. The van der Waals surface area contributed by atoms with Gasteiger partial charge < -0.3 is 15.1 Å². The van der Waals surface area contributed by atoms with E-state index in [9.17, 15) is 4.79 Å². The van der Waals surface area contributed by atoms with Gasteiger partial charge in [0.05, 0.1) is 18.6 Å². The molecule has 4 nitrogen and oxygen atoms in total. The number of nitrogens with one attached hydrogen (secondary N) is 2. The van der Waals surface area contributed by atoms with Gasteiger partial charge in [0.2, 0.25) is 5.91 Å². The lowest BCUT2D eigenvalue weighted by molar-refractivity contribution is -0.115. The minimum atomic E-state index is 0.0164. The van der Waals surface area contributed by atoms with Gasteiger partial charge in [-0.05, 0) is 37.6 Å². The van der Waals surface area contributed by atoms with Crippen LogP contribution < -0.4 is 10.6 Å². The molecule has 106 valence electrons. The van der Waals surface area contributed by atoms with Gasteiger partial charge in [0.15, 0.2) is 0 Å². The van der Waals surface area contributed by atoms with E-state index in [1.807, 2.05) is 38.1 Å². The first-order chi connectivity index (χ1) is 9.60. The molecule has 0 aliphatic heterocycles. The van der Waals surface area contributed by atoms with Crippen LogP contribution in [-0.4, -0.2) is 5.91 Å². The summed E-state index contributed by atoms with van der Waals surface area (Å²) in [6, 6.07) is 7.95. The summed E-state index contributed by atoms with van der Waals surface area (Å²) < 4.78 is 5.10. The first-order valence-corrected chi connectivity index (χ1v) is 6.79. The molecule has 2 N–H and O–H groups in total. The fourth-order valence-electron chi connectivity index (χ4n) is 1.94. The second-order valence-corrected chi connectivity index (χ2v) is 4.85. The Hall–Kier alpha value is -2.23. The van der Waals surface area contributed by atoms with E-state index >= 15 is 0 Å². The summed E-state index contributed by atoms with van der Waals surface area (Å²) in [5.74, 6) is 0.0164. The van der Waals surface area contributed by atoms with Gasteiger partial charge in [-0.15, -0.1) is 0 Å². The van der Waals surface area contributed by atoms with Crippen molar-refractivity contribution >= 4 is 17.3 Å². The van der Waals surface area contributed by atoms with Crippen LogP contribution in [-0.2, 0) is 4.79 Å². The summed E-state index contributed by atoms with van der Waals surface area (Å²) in [6.45, 7) is 5.95. The highest BCUT2D eigenvalue weighted by Gasteiger charge is 2.09. The summed E-state index contributed by atoms with van der Waals surface area (Å²) in [4.78, 5) is 11.4. The molecule has 2 aromatic rings. The smallest absolute Gasteiger partial charge is 0.224 e. The van der Waals surface area contributed by atoms with Crippen LogP contribution in [0, 0.1) is 6.92 Å². The largest absolute Gasteiger partial charge is 0.472 e. The Bertz CT molecular complexity index is 576. The van der Waals surface area contributed by atoms with Gasteiger partial charge in [-0.2, -0.15) is 0 Å². The lowest BCUT2D eigenvalue weighted by atomic mass is 10.1. The van der Waals surface area contributed by atoms with Crippen LogP contribution in [0.15, 0.2) is 41.2 Å². The molecule has 4 heteroatoms. The molecule has 0 spiro atoms. The van der Waals surface area contributed by atoms with E-state index in [0.717, 1.165) is 22.5 Å². The van der Waals surface area contributed by atoms with Gasteiger partial charge in [-0.3, -0.25) is 4.79 Å². The molecule has 1 heterocycles. The fraction of sp³-hybridized carbons (Fsp3) is 0.312. The Morgan fingerprint density at radius 1 is 1.35 bits per heavy atom. The summed E-state index contributed by atoms with van der Waals surface area (Å²) in [6.07, 6.45) is 3.87. The van der Waals surface area contributed by atoms with E-state index in [-0.39, 0.29) is 11.9 Å². The lowest BCUT2D eigenvalue weighted by Gasteiger charge is -2.17. The van der Waals surface area contributed by atoms with Crippen molar-refractivity contribution in [3.8, 4) is 0 Å². The third kappa shape index (κ3) is 3.41. The molecular formula is C16H20N2O2. The van der Waals surface area contributed by atoms with Crippen molar-refractivity contribution in [2.45, 2.75) is 33.2 Å². The Labute approximate surface area is 119 Å². The van der Waals surface area contributed by atoms with Crippen molar-refractivity contribution in [2.24, 2.45) is 0 Å². The number of furan rings is 1. The minimum absolute atomic E-state index is 0.0164. The van der Waals surface area contributed by atoms with Crippen LogP contribution in [0.1, 0.15) is 37.4 Å². The number of aryl methyl sites for hydroxylation is 1. The van der Waals surface area contributed by atoms with Crippen LogP contribution in [0.2, 0.25) is 0 Å². The van der Waals surface area contributed by atoms with E-state index in [4.69, 9.17) is 4.42 Å². The second-order valence-electron chi connectivity index (χ2n) is 4.85. The topological polar surface area (TPSA) is 54.3 Å². The number of amides is 1. The maximum atomic E-state index is 11.4. The quantitative estimate of drug-likeness (QED) is 0.861. The third-order valence-electron chi connectivity index (χ3n) is 3.26. The Morgan fingerprint density at radius 2 is 2.15 bits per heavy atom. The van der Waals surface area contributed by atoms with Crippen LogP contribution in [0.3, 0.4) is 0 Å². The number of benzene rings is 1. The predicted molar refractivity (Wildman–Crippen MR) is 80.8 cm³/mol. The molecule has 1 atom stereocenters. The Balaban J connectivity index is 2.14. The number of anilines is 2. The number of carbonyl (C=O) groups excluding carboxylic acids is 1. The van der Waals surface area contributed by atoms with Crippen molar-refractivity contribution in [3.05, 3.63) is 47.9 Å². The van der Waals surface area contributed by atoms with Gasteiger partial charge >= 0.3 is 0 Å². The molecule has 1 amide bonds. The van der Waals surface area contributed by atoms with E-state index in [1.54, 1.807) is 12.5 Å². The molecule has 20 heavy (non-hydrogen) atoms. The molecule has 0 aliphatic rings. The van der Waals surface area contributed by atoms with Crippen LogP contribution in [0.25, 0.3) is 0 Å². The molecule has 0 radical (unpaired) electrons. The highest BCUT2D eigenvalue weighted by Crippen LogP contribution is 2.25. The molecule has 2 rings (SSSR count). The molecule has 0 fully saturated rings. The predicted octanol–water partition coefficient (Wildman–Crippen LogP) is 4.11. The standard InChI is InChI=1S/C16H20N2O2/c1-4-16(19)18-14-6-5-11(2)15(9-14)17-12(3)13-7-8-20-10-13/h5-10,12,17H,4H2,1-3H3,(H,18,19). The molecule has 0 saturated heterocycles. The highest BCUT2D eigenvalue weighted by atomic mass is 16.3. The molecule has 0 aliphatic carbocycles. The van der Waals surface area contributed by atoms with Crippen molar-refractivity contribution in [1.82, 2.24) is 0 Å². The van der Waals surface area contributed by atoms with Crippen LogP contribution >= 0.6 is 0 Å². The van der Waals surface area contributed by atoms with E-state index < -0.39 is 0 Å². The number of hydrogen-bond donors (Lipinski definition) is 2. The molecule has 1 aromatic carbocycles. The van der Waals surface area contributed by atoms with Gasteiger partial charge in [-0.25, -0.2) is 0 Å². The molecule has 1 unspecified atom stereocenters. The summed E-state index contributed by atoms with van der Waals surface area (Å²) in [5, 5.41) is 6.30. The highest BCUT2D eigenvalue weighted by molar-refractivity contribution is 5.91. The molecule has 0 bridgehead atoms. The van der Waals surface area contributed by atoms with Gasteiger partial charge in [0.25, 0.3) is 0 Å². The zero-order valence-corrected chi connectivity index (χ0v) is 12.1. The molecule has 0 saturated carbocycles. The zero-order valence-electron chi connectivity index (χ0n) is 12.1. The first kappa shape index (κ1) is 14.2. The van der Waals surface area contributed by atoms with E-state index in [2.05, 4.69) is 17.6 Å². The van der Waals surface area contributed by atoms with Gasteiger partial charge in [0, 0.05) is 23.4 Å². The van der Waals surface area contributed by atoms with Crippen molar-refractivity contribution in [2.75, 3.05) is 10.6 Å². The maximum Gasteiger partial charge on any atom is 0.224 e. The molecule has 1 aromatic heterocycles. The van der Waals surface area contributed by atoms with Crippen molar-refractivity contribution in [3.63, 3.8) is 0 Å². The average Bonchev–Trinajstić information content (AvgIpc) is 2.96.